The number of rotatable bonds is 2. The molecule has 2 nitrogen and oxygen atoms in total. The first-order valence-corrected chi connectivity index (χ1v) is 4.77. The molecule has 1 rings (SSSR count). The molecule has 0 amide bonds. The Morgan fingerprint density at radius 3 is 1.75 bits per heavy atom. The van der Waals surface area contributed by atoms with Gasteiger partial charge in [0.05, 0.1) is 0 Å². The van der Waals surface area contributed by atoms with E-state index in [-0.39, 0.29) is 11.8 Å². The first kappa shape index (κ1) is 9.43. The Hall–Kier alpha value is -0.660. The number of carbonyl (C=O) groups is 2. The maximum Gasteiger partial charge on any atom is 0.123 e. The third kappa shape index (κ3) is 2.76. The van der Waals surface area contributed by atoms with Crippen LogP contribution in [0.3, 0.4) is 0 Å². The van der Waals surface area contributed by atoms with Gasteiger partial charge in [-0.1, -0.05) is 19.3 Å². The number of carbonyl (C=O) groups excluding carboxylic acids is 2. The topological polar surface area (TPSA) is 34.1 Å². The lowest BCUT2D eigenvalue weighted by molar-refractivity contribution is -0.114. The van der Waals surface area contributed by atoms with Crippen molar-refractivity contribution in [2.75, 3.05) is 0 Å². The Bertz CT molecular complexity index is 138. The van der Waals surface area contributed by atoms with Crippen molar-refractivity contribution in [1.29, 1.82) is 0 Å². The minimum absolute atomic E-state index is 0.139. The van der Waals surface area contributed by atoms with Crippen LogP contribution in [0.5, 0.6) is 0 Å². The van der Waals surface area contributed by atoms with Crippen LogP contribution < -0.4 is 0 Å². The second-order valence-corrected chi connectivity index (χ2v) is 3.67. The van der Waals surface area contributed by atoms with Crippen LogP contribution in [0.1, 0.15) is 38.5 Å². The van der Waals surface area contributed by atoms with E-state index in [1.807, 2.05) is 0 Å². The van der Waals surface area contributed by atoms with Crippen LogP contribution in [-0.4, -0.2) is 12.6 Å². The molecule has 0 aromatic carbocycles. The highest BCUT2D eigenvalue weighted by atomic mass is 16.1. The zero-order valence-corrected chi connectivity index (χ0v) is 7.37. The average molecular weight is 168 g/mol. The molecule has 0 heterocycles. The fourth-order valence-corrected chi connectivity index (χ4v) is 1.86. The molecule has 0 aliphatic heterocycles. The summed E-state index contributed by atoms with van der Waals surface area (Å²) in [5.74, 6) is 0.279. The Morgan fingerprint density at radius 2 is 1.33 bits per heavy atom. The second-order valence-electron chi connectivity index (χ2n) is 3.67. The Labute approximate surface area is 73.3 Å². The molecule has 1 fully saturated rings. The summed E-state index contributed by atoms with van der Waals surface area (Å²) in [5.41, 5.74) is 0. The van der Waals surface area contributed by atoms with E-state index in [0.717, 1.165) is 44.7 Å². The van der Waals surface area contributed by atoms with Gasteiger partial charge in [-0.3, -0.25) is 0 Å². The highest BCUT2D eigenvalue weighted by Crippen LogP contribution is 2.24. The molecule has 1 aliphatic rings. The van der Waals surface area contributed by atoms with E-state index in [4.69, 9.17) is 0 Å². The molecule has 2 heteroatoms. The van der Waals surface area contributed by atoms with Crippen molar-refractivity contribution in [3.05, 3.63) is 0 Å². The molecule has 0 saturated heterocycles. The maximum absolute atomic E-state index is 10.6. The minimum Gasteiger partial charge on any atom is -0.303 e. The van der Waals surface area contributed by atoms with Crippen LogP contribution in [0.2, 0.25) is 0 Å². The normalized spacial score (nSPS) is 31.7. The van der Waals surface area contributed by atoms with Gasteiger partial charge in [-0.15, -0.1) is 0 Å². The molecule has 0 N–H and O–H groups in total. The van der Waals surface area contributed by atoms with Crippen molar-refractivity contribution < 1.29 is 9.59 Å². The molecule has 0 aromatic heterocycles. The van der Waals surface area contributed by atoms with Gasteiger partial charge in [-0.25, -0.2) is 0 Å². The van der Waals surface area contributed by atoms with E-state index in [9.17, 15) is 9.59 Å². The van der Waals surface area contributed by atoms with Gasteiger partial charge < -0.3 is 9.59 Å². The van der Waals surface area contributed by atoms with E-state index >= 15 is 0 Å². The van der Waals surface area contributed by atoms with Gasteiger partial charge in [0, 0.05) is 11.8 Å². The van der Waals surface area contributed by atoms with Gasteiger partial charge in [0.25, 0.3) is 0 Å². The molecule has 12 heavy (non-hydrogen) atoms. The van der Waals surface area contributed by atoms with Crippen molar-refractivity contribution in [3.8, 4) is 0 Å². The summed E-state index contributed by atoms with van der Waals surface area (Å²) in [6.45, 7) is 0. The van der Waals surface area contributed by atoms with Crippen molar-refractivity contribution >= 4 is 12.6 Å². The lowest BCUT2D eigenvalue weighted by Gasteiger charge is -2.18. The van der Waals surface area contributed by atoms with E-state index in [0.29, 0.717) is 0 Å². The fourth-order valence-electron chi connectivity index (χ4n) is 1.86. The zero-order chi connectivity index (χ0) is 8.81. The van der Waals surface area contributed by atoms with Gasteiger partial charge in [0.2, 0.25) is 0 Å². The van der Waals surface area contributed by atoms with Crippen molar-refractivity contribution in [2.24, 2.45) is 11.8 Å². The lowest BCUT2D eigenvalue weighted by atomic mass is 9.86. The summed E-state index contributed by atoms with van der Waals surface area (Å²) in [6, 6.07) is 0. The van der Waals surface area contributed by atoms with Crippen LogP contribution >= 0.6 is 0 Å². The predicted molar refractivity (Wildman–Crippen MR) is 46.8 cm³/mol. The van der Waals surface area contributed by atoms with E-state index in [1.54, 1.807) is 0 Å². The van der Waals surface area contributed by atoms with Gasteiger partial charge in [-0.05, 0) is 19.3 Å². The molecular formula is C10H16O2. The fraction of sp³-hybridized carbons (Fsp3) is 0.800. The molecule has 0 aromatic rings. The zero-order valence-electron chi connectivity index (χ0n) is 7.37. The molecule has 1 saturated carbocycles. The minimum atomic E-state index is 0.139. The smallest absolute Gasteiger partial charge is 0.123 e. The highest BCUT2D eigenvalue weighted by molar-refractivity contribution is 5.57. The molecule has 0 bridgehead atoms. The summed E-state index contributed by atoms with van der Waals surface area (Å²) >= 11 is 0. The van der Waals surface area contributed by atoms with Gasteiger partial charge in [-0.2, -0.15) is 0 Å². The molecular weight excluding hydrogens is 152 g/mol. The summed E-state index contributed by atoms with van der Waals surface area (Å²) in [7, 11) is 0. The van der Waals surface area contributed by atoms with Gasteiger partial charge >= 0.3 is 0 Å². The van der Waals surface area contributed by atoms with Crippen LogP contribution in [0.25, 0.3) is 0 Å². The summed E-state index contributed by atoms with van der Waals surface area (Å²) in [4.78, 5) is 21.1. The quantitative estimate of drug-likeness (QED) is 0.591. The molecule has 0 radical (unpaired) electrons. The van der Waals surface area contributed by atoms with Crippen LogP contribution in [0, 0.1) is 11.8 Å². The first-order chi connectivity index (χ1) is 5.86. The predicted octanol–water partition coefficient (Wildman–Crippen LogP) is 1.97. The average Bonchev–Trinajstić information content (AvgIpc) is 2.05. The highest BCUT2D eigenvalue weighted by Gasteiger charge is 2.17. The number of hydrogen-bond acceptors (Lipinski definition) is 2. The van der Waals surface area contributed by atoms with Crippen molar-refractivity contribution in [2.45, 2.75) is 38.5 Å². The summed E-state index contributed by atoms with van der Waals surface area (Å²) in [6.07, 6.45) is 8.25. The lowest BCUT2D eigenvalue weighted by Crippen LogP contribution is -2.14. The molecule has 68 valence electrons. The molecule has 0 spiro atoms. The summed E-state index contributed by atoms with van der Waals surface area (Å²) < 4.78 is 0. The Morgan fingerprint density at radius 1 is 0.833 bits per heavy atom. The van der Waals surface area contributed by atoms with Crippen molar-refractivity contribution in [3.63, 3.8) is 0 Å². The third-order valence-electron chi connectivity index (χ3n) is 2.64. The molecule has 1 aliphatic carbocycles. The number of aldehydes is 2. The standard InChI is InChI=1S/C10H16O2/c11-7-9-4-2-1-3-5-10(6-9)8-12/h7-10H,1-6H2. The van der Waals surface area contributed by atoms with Crippen molar-refractivity contribution in [1.82, 2.24) is 0 Å². The Kier molecular flexibility index (Phi) is 3.98. The van der Waals surface area contributed by atoms with Crippen LogP contribution in [0.15, 0.2) is 0 Å². The largest absolute Gasteiger partial charge is 0.303 e. The Balaban J connectivity index is 2.43. The molecule has 2 atom stereocenters. The third-order valence-corrected chi connectivity index (χ3v) is 2.64. The van der Waals surface area contributed by atoms with E-state index in [1.165, 1.54) is 6.42 Å². The SMILES string of the molecule is O=CC1CCCCCC(C=O)C1. The van der Waals surface area contributed by atoms with Crippen LogP contribution in [-0.2, 0) is 9.59 Å². The first-order valence-electron chi connectivity index (χ1n) is 4.77. The molecule has 2 unspecified atom stereocenters. The monoisotopic (exact) mass is 168 g/mol. The summed E-state index contributed by atoms with van der Waals surface area (Å²) in [5, 5.41) is 0. The van der Waals surface area contributed by atoms with E-state index < -0.39 is 0 Å². The van der Waals surface area contributed by atoms with Gasteiger partial charge in [0.1, 0.15) is 12.6 Å². The van der Waals surface area contributed by atoms with E-state index in [2.05, 4.69) is 0 Å². The number of hydrogen-bond donors (Lipinski definition) is 0. The maximum atomic E-state index is 10.6. The second kappa shape index (κ2) is 5.07. The van der Waals surface area contributed by atoms with Gasteiger partial charge in [0.15, 0.2) is 0 Å². The van der Waals surface area contributed by atoms with Crippen LogP contribution in [0.4, 0.5) is 0 Å².